The Balaban J connectivity index is 0.00000197. The van der Waals surface area contributed by atoms with Crippen molar-refractivity contribution in [2.45, 2.75) is 22.6 Å². The SMILES string of the molecule is CS(=O)(=O)c1ccc(NNC(=O)C(CCc2ccccc2)C(=O)Nc2ccc(C(=N)N)cc2)c(S(C)(=O)=O)c1.O=CO. The molecule has 3 aromatic rings. The molecular weight excluding hydrogens is 586 g/mol. The smallest absolute Gasteiger partial charge is 0.290 e. The monoisotopic (exact) mass is 617 g/mol. The summed E-state index contributed by atoms with van der Waals surface area (Å²) in [4.78, 5) is 34.2. The lowest BCUT2D eigenvalue weighted by atomic mass is 9.97. The van der Waals surface area contributed by atoms with E-state index in [1.165, 1.54) is 12.1 Å². The summed E-state index contributed by atoms with van der Waals surface area (Å²) in [6.45, 7) is -0.250. The van der Waals surface area contributed by atoms with Crippen molar-refractivity contribution in [3.63, 3.8) is 0 Å². The number of nitrogen functional groups attached to an aromatic ring is 1. The molecule has 0 spiro atoms. The number of rotatable bonds is 11. The Hall–Kier alpha value is -4.76. The van der Waals surface area contributed by atoms with Crippen molar-refractivity contribution in [2.75, 3.05) is 23.3 Å². The summed E-state index contributed by atoms with van der Waals surface area (Å²) in [5.74, 6) is -2.63. The summed E-state index contributed by atoms with van der Waals surface area (Å²) in [5, 5.41) is 17.1. The predicted octanol–water partition coefficient (Wildman–Crippen LogP) is 1.81. The van der Waals surface area contributed by atoms with Gasteiger partial charge in [-0.2, -0.15) is 0 Å². The lowest BCUT2D eigenvalue weighted by Crippen LogP contribution is -2.41. The molecule has 15 heteroatoms. The minimum absolute atomic E-state index is 0.0553. The van der Waals surface area contributed by atoms with Crippen LogP contribution in [0, 0.1) is 11.3 Å². The molecular formula is C27H31N5O8S2. The maximum atomic E-state index is 13.2. The van der Waals surface area contributed by atoms with Gasteiger partial charge in [0.05, 0.1) is 15.5 Å². The molecule has 224 valence electrons. The molecule has 1 atom stereocenters. The van der Waals surface area contributed by atoms with Crippen LogP contribution in [0.4, 0.5) is 11.4 Å². The summed E-state index contributed by atoms with van der Waals surface area (Å²) < 4.78 is 48.4. The Morgan fingerprint density at radius 2 is 1.52 bits per heavy atom. The van der Waals surface area contributed by atoms with E-state index in [0.717, 1.165) is 24.1 Å². The van der Waals surface area contributed by atoms with Crippen LogP contribution in [0.2, 0.25) is 0 Å². The highest BCUT2D eigenvalue weighted by Crippen LogP contribution is 2.25. The van der Waals surface area contributed by atoms with E-state index >= 15 is 0 Å². The van der Waals surface area contributed by atoms with Gasteiger partial charge in [-0.05, 0) is 60.9 Å². The minimum atomic E-state index is -3.88. The molecule has 0 fully saturated rings. The fourth-order valence-electron chi connectivity index (χ4n) is 3.66. The third-order valence-corrected chi connectivity index (χ3v) is 8.01. The molecule has 0 bridgehead atoms. The first-order valence-electron chi connectivity index (χ1n) is 12.1. The van der Waals surface area contributed by atoms with Gasteiger partial charge in [0.15, 0.2) is 19.7 Å². The Morgan fingerprint density at radius 1 is 0.929 bits per heavy atom. The van der Waals surface area contributed by atoms with Crippen LogP contribution in [-0.4, -0.2) is 58.6 Å². The number of sulfone groups is 2. The average molecular weight is 618 g/mol. The molecule has 7 N–H and O–H groups in total. The third-order valence-electron chi connectivity index (χ3n) is 5.76. The number of amidine groups is 1. The Morgan fingerprint density at radius 3 is 2.05 bits per heavy atom. The van der Waals surface area contributed by atoms with Crippen LogP contribution in [0.3, 0.4) is 0 Å². The van der Waals surface area contributed by atoms with Crippen molar-refractivity contribution < 1.29 is 36.3 Å². The Labute approximate surface area is 243 Å². The van der Waals surface area contributed by atoms with Crippen LogP contribution >= 0.6 is 0 Å². The van der Waals surface area contributed by atoms with Gasteiger partial charge in [0.2, 0.25) is 5.91 Å². The first-order chi connectivity index (χ1) is 19.7. The van der Waals surface area contributed by atoms with E-state index in [-0.39, 0.29) is 34.2 Å². The topological polar surface area (TPSA) is 226 Å². The number of carbonyl (C=O) groups is 3. The van der Waals surface area contributed by atoms with Gasteiger partial charge in [0, 0.05) is 23.8 Å². The van der Waals surface area contributed by atoms with Crippen LogP contribution < -0.4 is 21.9 Å². The molecule has 0 aliphatic carbocycles. The first-order valence-corrected chi connectivity index (χ1v) is 15.9. The van der Waals surface area contributed by atoms with Crippen LogP contribution in [0.25, 0.3) is 0 Å². The van der Waals surface area contributed by atoms with Crippen molar-refractivity contribution in [3.8, 4) is 0 Å². The van der Waals surface area contributed by atoms with E-state index < -0.39 is 37.4 Å². The van der Waals surface area contributed by atoms with Crippen LogP contribution in [0.5, 0.6) is 0 Å². The van der Waals surface area contributed by atoms with E-state index in [1.807, 2.05) is 30.3 Å². The van der Waals surface area contributed by atoms with E-state index in [0.29, 0.717) is 17.7 Å². The van der Waals surface area contributed by atoms with Crippen LogP contribution in [0.15, 0.2) is 82.6 Å². The first kappa shape index (κ1) is 33.4. The molecule has 0 aliphatic rings. The van der Waals surface area contributed by atoms with E-state index in [4.69, 9.17) is 21.0 Å². The third kappa shape index (κ3) is 10.0. The fourth-order valence-corrected chi connectivity index (χ4v) is 5.24. The maximum absolute atomic E-state index is 13.2. The summed E-state index contributed by atoms with van der Waals surface area (Å²) in [7, 11) is -7.56. The van der Waals surface area contributed by atoms with Gasteiger partial charge in [-0.1, -0.05) is 30.3 Å². The molecule has 0 saturated carbocycles. The summed E-state index contributed by atoms with van der Waals surface area (Å²) in [6, 6.07) is 18.9. The van der Waals surface area contributed by atoms with Crippen molar-refractivity contribution >= 4 is 55.2 Å². The molecule has 13 nitrogen and oxygen atoms in total. The number of carboxylic acid groups (broad SMARTS) is 1. The van der Waals surface area contributed by atoms with E-state index in [1.54, 1.807) is 24.3 Å². The number of hydrogen-bond acceptors (Lipinski definition) is 9. The lowest BCUT2D eigenvalue weighted by Gasteiger charge is -2.19. The summed E-state index contributed by atoms with van der Waals surface area (Å²) in [5.41, 5.74) is 12.1. The van der Waals surface area contributed by atoms with E-state index in [2.05, 4.69) is 16.2 Å². The molecule has 0 aliphatic heterocycles. The number of carbonyl (C=O) groups excluding carboxylic acids is 2. The van der Waals surface area contributed by atoms with Gasteiger partial charge in [-0.25, -0.2) is 16.8 Å². The Bertz CT molecular complexity index is 1640. The second kappa shape index (κ2) is 14.7. The van der Waals surface area contributed by atoms with Crippen LogP contribution in [-0.2, 0) is 40.5 Å². The minimum Gasteiger partial charge on any atom is -0.483 e. The van der Waals surface area contributed by atoms with Crippen molar-refractivity contribution in [1.82, 2.24) is 5.43 Å². The van der Waals surface area contributed by atoms with Crippen molar-refractivity contribution in [1.29, 1.82) is 5.41 Å². The molecule has 3 aromatic carbocycles. The van der Waals surface area contributed by atoms with E-state index in [9.17, 15) is 26.4 Å². The zero-order valence-corrected chi connectivity index (χ0v) is 24.3. The second-order valence-electron chi connectivity index (χ2n) is 8.98. The molecule has 3 rings (SSSR count). The molecule has 0 aromatic heterocycles. The number of amides is 2. The van der Waals surface area contributed by atoms with Crippen LogP contribution in [0.1, 0.15) is 17.5 Å². The van der Waals surface area contributed by atoms with Gasteiger partial charge in [0.25, 0.3) is 12.4 Å². The number of hydrogen-bond donors (Lipinski definition) is 6. The standard InChI is InChI=1S/C26H29N5O6S2.CH2O2/c1-38(34,35)20-13-15-22(23(16-20)39(2,36)37)30-31-26(33)21(14-8-17-6-4-3-5-7-17)25(32)29-19-11-9-18(10-12-19)24(27)28;2-1-3/h3-7,9-13,15-16,21,30H,8,14H2,1-2H3,(H3,27,28)(H,29,32)(H,31,33);1H,(H,2,3). The zero-order chi connectivity index (χ0) is 31.5. The highest BCUT2D eigenvalue weighted by molar-refractivity contribution is 7.91. The number of anilines is 2. The summed E-state index contributed by atoms with van der Waals surface area (Å²) in [6.07, 6.45) is 2.41. The summed E-state index contributed by atoms with van der Waals surface area (Å²) >= 11 is 0. The van der Waals surface area contributed by atoms with Crippen molar-refractivity contribution in [2.24, 2.45) is 11.7 Å². The number of aryl methyl sites for hydroxylation is 1. The molecule has 0 heterocycles. The molecule has 42 heavy (non-hydrogen) atoms. The molecule has 1 unspecified atom stereocenters. The average Bonchev–Trinajstić information content (AvgIpc) is 2.92. The Kier molecular flexibility index (Phi) is 11.7. The van der Waals surface area contributed by atoms with Gasteiger partial charge in [-0.3, -0.25) is 30.6 Å². The highest BCUT2D eigenvalue weighted by Gasteiger charge is 2.27. The van der Waals surface area contributed by atoms with Gasteiger partial charge < -0.3 is 16.2 Å². The van der Waals surface area contributed by atoms with Gasteiger partial charge in [-0.15, -0.1) is 0 Å². The molecule has 0 saturated heterocycles. The van der Waals surface area contributed by atoms with Gasteiger partial charge in [0.1, 0.15) is 11.8 Å². The highest BCUT2D eigenvalue weighted by atomic mass is 32.2. The lowest BCUT2D eigenvalue weighted by molar-refractivity contribution is -0.132. The normalized spacial score (nSPS) is 11.7. The number of hydrazine groups is 1. The molecule has 2 amide bonds. The predicted molar refractivity (Wildman–Crippen MR) is 157 cm³/mol. The molecule has 0 radical (unpaired) electrons. The fraction of sp³-hybridized carbons (Fsp3) is 0.185. The largest absolute Gasteiger partial charge is 0.483 e. The van der Waals surface area contributed by atoms with Gasteiger partial charge >= 0.3 is 0 Å². The zero-order valence-electron chi connectivity index (χ0n) is 22.7. The number of benzene rings is 3. The second-order valence-corrected chi connectivity index (χ2v) is 13.0. The number of nitrogens with two attached hydrogens (primary N) is 1. The van der Waals surface area contributed by atoms with Crippen molar-refractivity contribution in [3.05, 3.63) is 83.9 Å². The quantitative estimate of drug-likeness (QED) is 0.0601. The number of nitrogens with one attached hydrogen (secondary N) is 4. The maximum Gasteiger partial charge on any atom is 0.290 e.